The smallest absolute Gasteiger partial charge is 0.0946 e. The molecular weight excluding hydrogens is 206 g/mol. The standard InChI is InChI=1S/C11H19N3O2/c1-9-3-12-5-11(16-9)7-15-6-10-4-13-8-14(10)2/h4,8-9,11-12H,3,5-7H2,1-2H3. The van der Waals surface area contributed by atoms with E-state index in [9.17, 15) is 0 Å². The van der Waals surface area contributed by atoms with E-state index in [1.165, 1.54) is 0 Å². The van der Waals surface area contributed by atoms with Crippen molar-refractivity contribution < 1.29 is 9.47 Å². The van der Waals surface area contributed by atoms with E-state index in [-0.39, 0.29) is 12.2 Å². The molecule has 0 saturated carbocycles. The predicted octanol–water partition coefficient (Wildman–Crippen LogP) is 0.314. The highest BCUT2D eigenvalue weighted by Gasteiger charge is 2.18. The molecule has 1 aliphatic heterocycles. The minimum atomic E-state index is 0.164. The van der Waals surface area contributed by atoms with Crippen LogP contribution in [-0.4, -0.2) is 41.5 Å². The molecule has 1 saturated heterocycles. The molecule has 90 valence electrons. The van der Waals surface area contributed by atoms with Gasteiger partial charge in [0.1, 0.15) is 0 Å². The van der Waals surface area contributed by atoms with Gasteiger partial charge in [0, 0.05) is 20.1 Å². The lowest BCUT2D eigenvalue weighted by molar-refractivity contribution is -0.0722. The first-order chi connectivity index (χ1) is 7.75. The van der Waals surface area contributed by atoms with Gasteiger partial charge in [-0.1, -0.05) is 0 Å². The van der Waals surface area contributed by atoms with Crippen LogP contribution in [0, 0.1) is 0 Å². The fraction of sp³-hybridized carbons (Fsp3) is 0.727. The molecule has 0 spiro atoms. The number of nitrogens with one attached hydrogen (secondary N) is 1. The van der Waals surface area contributed by atoms with Crippen molar-refractivity contribution in [3.8, 4) is 0 Å². The zero-order valence-electron chi connectivity index (χ0n) is 9.85. The van der Waals surface area contributed by atoms with Crippen LogP contribution < -0.4 is 5.32 Å². The summed E-state index contributed by atoms with van der Waals surface area (Å²) in [6, 6.07) is 0. The lowest BCUT2D eigenvalue weighted by Gasteiger charge is -2.28. The average Bonchev–Trinajstić information content (AvgIpc) is 2.65. The molecule has 5 nitrogen and oxygen atoms in total. The number of aryl methyl sites for hydroxylation is 1. The molecule has 5 heteroatoms. The Hall–Kier alpha value is -0.910. The van der Waals surface area contributed by atoms with Gasteiger partial charge in [-0.15, -0.1) is 0 Å². The van der Waals surface area contributed by atoms with Crippen LogP contribution in [-0.2, 0) is 23.1 Å². The van der Waals surface area contributed by atoms with E-state index in [0.29, 0.717) is 13.2 Å². The topological polar surface area (TPSA) is 48.3 Å². The number of aromatic nitrogens is 2. The maximum Gasteiger partial charge on any atom is 0.0946 e. The van der Waals surface area contributed by atoms with E-state index in [1.807, 2.05) is 17.8 Å². The molecule has 1 aromatic rings. The van der Waals surface area contributed by atoms with Crippen LogP contribution in [0.5, 0.6) is 0 Å². The second-order valence-electron chi connectivity index (χ2n) is 4.24. The Labute approximate surface area is 95.8 Å². The number of ether oxygens (including phenoxy) is 2. The van der Waals surface area contributed by atoms with E-state index >= 15 is 0 Å². The third-order valence-electron chi connectivity index (χ3n) is 2.70. The fourth-order valence-electron chi connectivity index (χ4n) is 1.79. The highest BCUT2D eigenvalue weighted by atomic mass is 16.5. The van der Waals surface area contributed by atoms with Gasteiger partial charge in [0.05, 0.1) is 43.6 Å². The number of rotatable bonds is 4. The molecule has 2 heterocycles. The number of morpholine rings is 1. The van der Waals surface area contributed by atoms with Crippen LogP contribution in [0.4, 0.5) is 0 Å². The number of imidazole rings is 1. The molecule has 2 unspecified atom stereocenters. The van der Waals surface area contributed by atoms with Crippen molar-refractivity contribution in [1.29, 1.82) is 0 Å². The van der Waals surface area contributed by atoms with Gasteiger partial charge in [0.25, 0.3) is 0 Å². The van der Waals surface area contributed by atoms with Gasteiger partial charge >= 0.3 is 0 Å². The van der Waals surface area contributed by atoms with Crippen molar-refractivity contribution in [1.82, 2.24) is 14.9 Å². The van der Waals surface area contributed by atoms with Crippen molar-refractivity contribution in [2.24, 2.45) is 7.05 Å². The van der Waals surface area contributed by atoms with Crippen LogP contribution in [0.3, 0.4) is 0 Å². The van der Waals surface area contributed by atoms with Gasteiger partial charge in [-0.3, -0.25) is 0 Å². The first-order valence-corrected chi connectivity index (χ1v) is 5.65. The first kappa shape index (κ1) is 11.6. The lowest BCUT2D eigenvalue weighted by Crippen LogP contribution is -2.45. The minimum Gasteiger partial charge on any atom is -0.372 e. The average molecular weight is 225 g/mol. The predicted molar refractivity (Wildman–Crippen MR) is 60.1 cm³/mol. The van der Waals surface area contributed by atoms with Crippen molar-refractivity contribution in [3.05, 3.63) is 18.2 Å². The second kappa shape index (κ2) is 5.43. The highest BCUT2D eigenvalue weighted by molar-refractivity contribution is 4.95. The zero-order chi connectivity index (χ0) is 11.4. The van der Waals surface area contributed by atoms with Gasteiger partial charge in [-0.25, -0.2) is 4.98 Å². The van der Waals surface area contributed by atoms with Crippen LogP contribution in [0.15, 0.2) is 12.5 Å². The minimum absolute atomic E-state index is 0.164. The fourth-order valence-corrected chi connectivity index (χ4v) is 1.79. The van der Waals surface area contributed by atoms with Gasteiger partial charge in [0.15, 0.2) is 0 Å². The monoisotopic (exact) mass is 225 g/mol. The van der Waals surface area contributed by atoms with Crippen molar-refractivity contribution >= 4 is 0 Å². The normalized spacial score (nSPS) is 25.9. The molecule has 2 rings (SSSR count). The number of hydrogen-bond acceptors (Lipinski definition) is 4. The molecule has 1 aliphatic rings. The quantitative estimate of drug-likeness (QED) is 0.801. The summed E-state index contributed by atoms with van der Waals surface area (Å²) in [6.07, 6.45) is 4.04. The molecule has 0 radical (unpaired) electrons. The third kappa shape index (κ3) is 3.04. The number of nitrogens with zero attached hydrogens (tertiary/aromatic N) is 2. The van der Waals surface area contributed by atoms with E-state index < -0.39 is 0 Å². The Morgan fingerprint density at radius 2 is 2.50 bits per heavy atom. The van der Waals surface area contributed by atoms with Gasteiger partial charge in [0.2, 0.25) is 0 Å². The molecule has 0 aromatic carbocycles. The maximum atomic E-state index is 5.73. The summed E-state index contributed by atoms with van der Waals surface area (Å²) in [5.74, 6) is 0. The Bertz CT molecular complexity index is 327. The summed E-state index contributed by atoms with van der Waals surface area (Å²) in [5, 5.41) is 3.32. The summed E-state index contributed by atoms with van der Waals surface area (Å²) in [6.45, 7) is 5.08. The largest absolute Gasteiger partial charge is 0.372 e. The molecule has 0 bridgehead atoms. The van der Waals surface area contributed by atoms with E-state index in [0.717, 1.165) is 18.8 Å². The second-order valence-corrected chi connectivity index (χ2v) is 4.24. The lowest BCUT2D eigenvalue weighted by atomic mass is 10.2. The molecular formula is C11H19N3O2. The van der Waals surface area contributed by atoms with Crippen LogP contribution in [0.25, 0.3) is 0 Å². The van der Waals surface area contributed by atoms with Crippen molar-refractivity contribution in [2.75, 3.05) is 19.7 Å². The summed E-state index contributed by atoms with van der Waals surface area (Å²) in [5.41, 5.74) is 1.08. The van der Waals surface area contributed by atoms with E-state index in [4.69, 9.17) is 9.47 Å². The zero-order valence-corrected chi connectivity index (χ0v) is 9.85. The highest BCUT2D eigenvalue weighted by Crippen LogP contribution is 2.05. The van der Waals surface area contributed by atoms with Crippen molar-refractivity contribution in [3.63, 3.8) is 0 Å². The SMILES string of the molecule is CC1CNCC(COCc2cncn2C)O1. The van der Waals surface area contributed by atoms with Crippen molar-refractivity contribution in [2.45, 2.75) is 25.7 Å². The Morgan fingerprint density at radius 1 is 1.62 bits per heavy atom. The van der Waals surface area contributed by atoms with Crippen LogP contribution in [0.1, 0.15) is 12.6 Å². The third-order valence-corrected chi connectivity index (χ3v) is 2.70. The van der Waals surface area contributed by atoms with E-state index in [1.54, 1.807) is 6.33 Å². The Morgan fingerprint density at radius 3 is 3.19 bits per heavy atom. The molecule has 1 aromatic heterocycles. The van der Waals surface area contributed by atoms with Crippen LogP contribution in [0.2, 0.25) is 0 Å². The van der Waals surface area contributed by atoms with Gasteiger partial charge < -0.3 is 19.4 Å². The molecule has 2 atom stereocenters. The van der Waals surface area contributed by atoms with Gasteiger partial charge in [-0.2, -0.15) is 0 Å². The molecule has 1 fully saturated rings. The summed E-state index contributed by atoms with van der Waals surface area (Å²) in [7, 11) is 1.96. The summed E-state index contributed by atoms with van der Waals surface area (Å²) < 4.78 is 13.3. The van der Waals surface area contributed by atoms with Crippen LogP contribution >= 0.6 is 0 Å². The van der Waals surface area contributed by atoms with E-state index in [2.05, 4.69) is 17.2 Å². The Kier molecular flexibility index (Phi) is 3.93. The molecule has 0 aliphatic carbocycles. The molecule has 1 N–H and O–H groups in total. The van der Waals surface area contributed by atoms with Gasteiger partial charge in [-0.05, 0) is 6.92 Å². The summed E-state index contributed by atoms with van der Waals surface area (Å²) >= 11 is 0. The Balaban J connectivity index is 1.70. The molecule has 16 heavy (non-hydrogen) atoms. The molecule has 0 amide bonds. The first-order valence-electron chi connectivity index (χ1n) is 5.65. The summed E-state index contributed by atoms with van der Waals surface area (Å²) in [4.78, 5) is 4.04. The maximum absolute atomic E-state index is 5.73. The number of hydrogen-bond donors (Lipinski definition) is 1.